The van der Waals surface area contributed by atoms with Gasteiger partial charge in [-0.2, -0.15) is 0 Å². The quantitative estimate of drug-likeness (QED) is 0.838. The molecule has 1 saturated carbocycles. The lowest BCUT2D eigenvalue weighted by Crippen LogP contribution is -2.41. The van der Waals surface area contributed by atoms with Gasteiger partial charge in [-0.1, -0.05) is 0 Å². The molecule has 5 nitrogen and oxygen atoms in total. The Morgan fingerprint density at radius 2 is 2.00 bits per heavy atom. The molecule has 2 atom stereocenters. The Hall–Kier alpha value is -0.810. The minimum Gasteiger partial charge on any atom is -0.444 e. The summed E-state index contributed by atoms with van der Waals surface area (Å²) in [5.74, 6) is -0.000216. The first kappa shape index (κ1) is 14.6. The molecule has 110 valence electrons. The lowest BCUT2D eigenvalue weighted by molar-refractivity contribution is -0.153. The molecule has 0 aromatic carbocycles. The molecule has 1 spiro atoms. The molecule has 2 rings (SSSR count). The lowest BCUT2D eigenvalue weighted by Gasteiger charge is -2.26. The number of rotatable bonds is 2. The van der Waals surface area contributed by atoms with Crippen LogP contribution in [0.25, 0.3) is 0 Å². The molecule has 19 heavy (non-hydrogen) atoms. The number of ether oxygens (including phenoxy) is 3. The van der Waals surface area contributed by atoms with Crippen LogP contribution in [0.2, 0.25) is 0 Å². The largest absolute Gasteiger partial charge is 0.444 e. The normalized spacial score (nSPS) is 27.5. The van der Waals surface area contributed by atoms with E-state index < -0.39 is 5.60 Å². The van der Waals surface area contributed by atoms with Crippen LogP contribution in [0.15, 0.2) is 0 Å². The molecule has 2 fully saturated rings. The van der Waals surface area contributed by atoms with Crippen molar-refractivity contribution < 1.29 is 19.0 Å². The number of alkyl carbamates (subject to hydrolysis) is 1. The van der Waals surface area contributed by atoms with E-state index in [1.165, 1.54) is 0 Å². The van der Waals surface area contributed by atoms with Gasteiger partial charge in [0.2, 0.25) is 0 Å². The lowest BCUT2D eigenvalue weighted by atomic mass is 9.99. The molecular weight excluding hydrogens is 246 g/mol. The SMILES string of the molecule is C[C@@H](NC(=O)OC(C)(C)C)[C@@H]1CCC2(C1)OCCO2. The number of hydrogen-bond acceptors (Lipinski definition) is 4. The van der Waals surface area contributed by atoms with Crippen molar-refractivity contribution in [1.82, 2.24) is 5.32 Å². The fourth-order valence-corrected chi connectivity index (χ4v) is 2.81. The number of hydrogen-bond donors (Lipinski definition) is 1. The highest BCUT2D eigenvalue weighted by atomic mass is 16.7. The molecular formula is C14H25NO4. The van der Waals surface area contributed by atoms with Gasteiger partial charge in [0.15, 0.2) is 5.79 Å². The van der Waals surface area contributed by atoms with E-state index in [0.717, 1.165) is 19.3 Å². The molecule has 1 N–H and O–H groups in total. The van der Waals surface area contributed by atoms with Gasteiger partial charge in [0.1, 0.15) is 5.60 Å². The van der Waals surface area contributed by atoms with E-state index in [0.29, 0.717) is 19.1 Å². The molecule has 1 saturated heterocycles. The smallest absolute Gasteiger partial charge is 0.407 e. The maximum Gasteiger partial charge on any atom is 0.407 e. The van der Waals surface area contributed by atoms with Gasteiger partial charge in [-0.25, -0.2) is 4.79 Å². The maximum atomic E-state index is 11.7. The molecule has 1 aliphatic heterocycles. The van der Waals surface area contributed by atoms with Gasteiger partial charge in [-0.05, 0) is 40.0 Å². The van der Waals surface area contributed by atoms with Crippen LogP contribution >= 0.6 is 0 Å². The van der Waals surface area contributed by atoms with Crippen LogP contribution in [-0.4, -0.2) is 36.7 Å². The summed E-state index contributed by atoms with van der Waals surface area (Å²) in [4.78, 5) is 11.7. The second kappa shape index (κ2) is 5.29. The van der Waals surface area contributed by atoms with E-state index in [1.54, 1.807) is 0 Å². The maximum absolute atomic E-state index is 11.7. The molecule has 0 aromatic heterocycles. The van der Waals surface area contributed by atoms with E-state index in [4.69, 9.17) is 14.2 Å². The summed E-state index contributed by atoms with van der Waals surface area (Å²) in [7, 11) is 0. The van der Waals surface area contributed by atoms with Crippen molar-refractivity contribution in [2.24, 2.45) is 5.92 Å². The van der Waals surface area contributed by atoms with Crippen molar-refractivity contribution in [3.8, 4) is 0 Å². The second-order valence-electron chi connectivity index (χ2n) is 6.55. The molecule has 1 heterocycles. The Morgan fingerprint density at radius 3 is 2.58 bits per heavy atom. The Bertz CT molecular complexity index is 331. The van der Waals surface area contributed by atoms with Crippen LogP contribution in [0.3, 0.4) is 0 Å². The summed E-state index contributed by atoms with van der Waals surface area (Å²) in [6, 6.07) is 0.0713. The zero-order valence-electron chi connectivity index (χ0n) is 12.3. The number of carbonyl (C=O) groups is 1. The average molecular weight is 271 g/mol. The van der Waals surface area contributed by atoms with E-state index in [1.807, 2.05) is 27.7 Å². The van der Waals surface area contributed by atoms with Gasteiger partial charge < -0.3 is 19.5 Å². The minimum atomic E-state index is -0.460. The van der Waals surface area contributed by atoms with Crippen LogP contribution in [-0.2, 0) is 14.2 Å². The van der Waals surface area contributed by atoms with Crippen LogP contribution in [0, 0.1) is 5.92 Å². The molecule has 1 aliphatic carbocycles. The number of amides is 1. The summed E-state index contributed by atoms with van der Waals surface area (Å²) in [5, 5.41) is 2.91. The van der Waals surface area contributed by atoms with Gasteiger partial charge in [0.25, 0.3) is 0 Å². The van der Waals surface area contributed by atoms with Crippen molar-refractivity contribution >= 4 is 6.09 Å². The standard InChI is InChI=1S/C14H25NO4/c1-10(15-12(16)19-13(2,3)4)11-5-6-14(9-11)17-7-8-18-14/h10-11H,5-9H2,1-4H3,(H,15,16)/t10-,11-/m1/s1. The van der Waals surface area contributed by atoms with Crippen molar-refractivity contribution in [2.75, 3.05) is 13.2 Å². The summed E-state index contributed by atoms with van der Waals surface area (Å²) in [6.45, 7) is 8.97. The second-order valence-corrected chi connectivity index (χ2v) is 6.55. The van der Waals surface area contributed by atoms with Crippen molar-refractivity contribution in [1.29, 1.82) is 0 Å². The molecule has 2 aliphatic rings. The molecule has 0 radical (unpaired) electrons. The first-order valence-corrected chi connectivity index (χ1v) is 7.07. The highest BCUT2D eigenvalue weighted by Gasteiger charge is 2.45. The van der Waals surface area contributed by atoms with Crippen molar-refractivity contribution in [3.63, 3.8) is 0 Å². The first-order chi connectivity index (χ1) is 8.80. The molecule has 5 heteroatoms. The fraction of sp³-hybridized carbons (Fsp3) is 0.929. The Balaban J connectivity index is 1.81. The molecule has 0 bridgehead atoms. The van der Waals surface area contributed by atoms with Crippen LogP contribution in [0.4, 0.5) is 4.79 Å². The Morgan fingerprint density at radius 1 is 1.37 bits per heavy atom. The predicted octanol–water partition coefficient (Wildman–Crippen LogP) is 2.44. The van der Waals surface area contributed by atoms with Crippen molar-refractivity contribution in [2.45, 2.75) is 64.4 Å². The highest BCUT2D eigenvalue weighted by molar-refractivity contribution is 5.68. The summed E-state index contributed by atoms with van der Waals surface area (Å²) < 4.78 is 16.7. The van der Waals surface area contributed by atoms with E-state index in [9.17, 15) is 4.79 Å². The van der Waals surface area contributed by atoms with E-state index in [2.05, 4.69) is 5.32 Å². The molecule has 1 amide bonds. The van der Waals surface area contributed by atoms with Crippen LogP contribution in [0.1, 0.15) is 47.0 Å². The number of carbonyl (C=O) groups excluding carboxylic acids is 1. The monoisotopic (exact) mass is 271 g/mol. The fourth-order valence-electron chi connectivity index (χ4n) is 2.81. The molecule has 0 unspecified atom stereocenters. The molecule has 0 aromatic rings. The highest BCUT2D eigenvalue weighted by Crippen LogP contribution is 2.42. The zero-order valence-corrected chi connectivity index (χ0v) is 12.3. The van der Waals surface area contributed by atoms with Gasteiger partial charge in [-0.15, -0.1) is 0 Å². The third-order valence-corrected chi connectivity index (χ3v) is 3.73. The minimum absolute atomic E-state index is 0.0713. The summed E-state index contributed by atoms with van der Waals surface area (Å²) in [6.07, 6.45) is 2.42. The van der Waals surface area contributed by atoms with Gasteiger partial charge in [0, 0.05) is 18.9 Å². The summed E-state index contributed by atoms with van der Waals surface area (Å²) in [5.41, 5.74) is -0.460. The first-order valence-electron chi connectivity index (χ1n) is 7.07. The number of nitrogens with one attached hydrogen (secondary N) is 1. The van der Waals surface area contributed by atoms with Crippen LogP contribution in [0.5, 0.6) is 0 Å². The van der Waals surface area contributed by atoms with Gasteiger partial charge in [0.05, 0.1) is 13.2 Å². The Kier molecular flexibility index (Phi) is 4.06. The van der Waals surface area contributed by atoms with Gasteiger partial charge in [-0.3, -0.25) is 0 Å². The van der Waals surface area contributed by atoms with Crippen LogP contribution < -0.4 is 5.32 Å². The third-order valence-electron chi connectivity index (χ3n) is 3.73. The van der Waals surface area contributed by atoms with E-state index in [-0.39, 0.29) is 17.9 Å². The zero-order chi connectivity index (χ0) is 14.1. The topological polar surface area (TPSA) is 56.8 Å². The summed E-state index contributed by atoms with van der Waals surface area (Å²) >= 11 is 0. The van der Waals surface area contributed by atoms with Gasteiger partial charge >= 0.3 is 6.09 Å². The van der Waals surface area contributed by atoms with Crippen molar-refractivity contribution in [3.05, 3.63) is 0 Å². The Labute approximate surface area is 115 Å². The average Bonchev–Trinajstić information content (AvgIpc) is 2.87. The van der Waals surface area contributed by atoms with E-state index >= 15 is 0 Å². The third kappa shape index (κ3) is 3.83. The predicted molar refractivity (Wildman–Crippen MR) is 70.8 cm³/mol.